The van der Waals surface area contributed by atoms with E-state index < -0.39 is 0 Å². The van der Waals surface area contributed by atoms with Gasteiger partial charge in [-0.2, -0.15) is 0 Å². The second kappa shape index (κ2) is 7.61. The molecule has 0 N–H and O–H groups in total. The average Bonchev–Trinajstić information content (AvgIpc) is 2.65. The molecule has 3 aromatic rings. The number of benzene rings is 3. The molecule has 0 radical (unpaired) electrons. The van der Waals surface area contributed by atoms with Crippen LogP contribution in [-0.4, -0.2) is 0 Å². The van der Waals surface area contributed by atoms with E-state index in [4.69, 9.17) is 0 Å². The minimum Gasteiger partial charge on any atom is -0.0622 e. The quantitative estimate of drug-likeness (QED) is 0.464. The number of hydrogen-bond donors (Lipinski definition) is 0. The Kier molecular flexibility index (Phi) is 5.08. The zero-order chi connectivity index (χ0) is 16.8. The van der Waals surface area contributed by atoms with Crippen LogP contribution in [0.1, 0.15) is 36.1 Å². The van der Waals surface area contributed by atoms with Gasteiger partial charge in [0.2, 0.25) is 0 Å². The first kappa shape index (κ1) is 16.0. The summed E-state index contributed by atoms with van der Waals surface area (Å²) in [7, 11) is 0. The van der Waals surface area contributed by atoms with Crippen LogP contribution < -0.4 is 0 Å². The predicted octanol–water partition coefficient (Wildman–Crippen LogP) is 6.81. The van der Waals surface area contributed by atoms with Gasteiger partial charge in [-0.05, 0) is 47.2 Å². The summed E-state index contributed by atoms with van der Waals surface area (Å²) in [5, 5.41) is 0. The van der Waals surface area contributed by atoms with Crippen LogP contribution in [0.3, 0.4) is 0 Å². The first-order valence-electron chi connectivity index (χ1n) is 8.30. The van der Waals surface area contributed by atoms with Crippen molar-refractivity contribution in [2.45, 2.75) is 13.8 Å². The van der Waals surface area contributed by atoms with E-state index in [1.165, 1.54) is 33.4 Å². The molecule has 0 atom stereocenters. The van der Waals surface area contributed by atoms with Crippen LogP contribution in [0.4, 0.5) is 0 Å². The van der Waals surface area contributed by atoms with E-state index >= 15 is 0 Å². The van der Waals surface area contributed by atoms with Gasteiger partial charge in [-0.25, -0.2) is 0 Å². The second-order valence-corrected chi connectivity index (χ2v) is 6.05. The number of hydrogen-bond acceptors (Lipinski definition) is 0. The van der Waals surface area contributed by atoms with Crippen molar-refractivity contribution < 1.29 is 0 Å². The fourth-order valence-electron chi connectivity index (χ4n) is 2.76. The minimum atomic E-state index is 1.23. The normalized spacial score (nSPS) is 12.2. The summed E-state index contributed by atoms with van der Waals surface area (Å²) in [6, 6.07) is 29.7. The SMILES string of the molecule is C/C(=C/c1ccc(/C=C(\C)c2ccccc2)cc1)c1ccccc1. The minimum absolute atomic E-state index is 1.23. The van der Waals surface area contributed by atoms with Crippen molar-refractivity contribution in [3.05, 3.63) is 107 Å². The summed E-state index contributed by atoms with van der Waals surface area (Å²) in [5.74, 6) is 0. The first-order chi connectivity index (χ1) is 11.7. The highest BCUT2D eigenvalue weighted by molar-refractivity contribution is 5.82. The zero-order valence-electron chi connectivity index (χ0n) is 14.2. The summed E-state index contributed by atoms with van der Waals surface area (Å²) in [6.45, 7) is 4.31. The largest absolute Gasteiger partial charge is 0.0622 e. The fourth-order valence-corrected chi connectivity index (χ4v) is 2.76. The topological polar surface area (TPSA) is 0 Å². The van der Waals surface area contributed by atoms with Crippen molar-refractivity contribution >= 4 is 23.3 Å². The molecule has 0 fully saturated rings. The number of allylic oxidation sites excluding steroid dienone is 2. The summed E-state index contributed by atoms with van der Waals surface area (Å²) in [4.78, 5) is 0. The van der Waals surface area contributed by atoms with Crippen LogP contribution in [0.15, 0.2) is 84.9 Å². The van der Waals surface area contributed by atoms with E-state index in [9.17, 15) is 0 Å². The lowest BCUT2D eigenvalue weighted by molar-refractivity contribution is 1.55. The van der Waals surface area contributed by atoms with Gasteiger partial charge in [-0.3, -0.25) is 0 Å². The molecular formula is C24H22. The van der Waals surface area contributed by atoms with E-state index in [1.807, 2.05) is 12.1 Å². The van der Waals surface area contributed by atoms with Crippen LogP contribution in [0.5, 0.6) is 0 Å². The third-order valence-electron chi connectivity index (χ3n) is 4.16. The number of rotatable bonds is 4. The van der Waals surface area contributed by atoms with Gasteiger partial charge in [0.1, 0.15) is 0 Å². The molecule has 118 valence electrons. The summed E-state index contributed by atoms with van der Waals surface area (Å²) in [5.41, 5.74) is 7.54. The lowest BCUT2D eigenvalue weighted by atomic mass is 10.0. The monoisotopic (exact) mass is 310 g/mol. The van der Waals surface area contributed by atoms with Crippen LogP contribution in [0.2, 0.25) is 0 Å². The van der Waals surface area contributed by atoms with E-state index in [-0.39, 0.29) is 0 Å². The molecular weight excluding hydrogens is 288 g/mol. The van der Waals surface area contributed by atoms with Gasteiger partial charge < -0.3 is 0 Å². The second-order valence-electron chi connectivity index (χ2n) is 6.05. The molecule has 0 bridgehead atoms. The summed E-state index contributed by atoms with van der Waals surface area (Å²) < 4.78 is 0. The van der Waals surface area contributed by atoms with Gasteiger partial charge in [0.15, 0.2) is 0 Å². The summed E-state index contributed by atoms with van der Waals surface area (Å²) in [6.07, 6.45) is 4.46. The standard InChI is InChI=1S/C24H22/c1-19(23-9-5-3-6-10-23)17-21-13-15-22(16-14-21)18-20(2)24-11-7-4-8-12-24/h3-18H,1-2H3/b19-17-,20-18+. The lowest BCUT2D eigenvalue weighted by Gasteiger charge is -2.04. The van der Waals surface area contributed by atoms with E-state index in [1.54, 1.807) is 0 Å². The molecule has 24 heavy (non-hydrogen) atoms. The van der Waals surface area contributed by atoms with Gasteiger partial charge >= 0.3 is 0 Å². The Balaban J connectivity index is 1.79. The molecule has 0 aliphatic rings. The first-order valence-corrected chi connectivity index (χ1v) is 8.30. The molecule has 0 unspecified atom stereocenters. The Morgan fingerprint density at radius 1 is 0.500 bits per heavy atom. The van der Waals surface area contributed by atoms with Gasteiger partial charge in [-0.15, -0.1) is 0 Å². The van der Waals surface area contributed by atoms with Crippen LogP contribution in [-0.2, 0) is 0 Å². The molecule has 0 amide bonds. The van der Waals surface area contributed by atoms with Gasteiger partial charge in [0.05, 0.1) is 0 Å². The van der Waals surface area contributed by atoms with Crippen LogP contribution in [0, 0.1) is 0 Å². The van der Waals surface area contributed by atoms with Gasteiger partial charge in [-0.1, -0.05) is 97.1 Å². The molecule has 3 aromatic carbocycles. The molecule has 0 aliphatic carbocycles. The van der Waals surface area contributed by atoms with Crippen molar-refractivity contribution in [1.82, 2.24) is 0 Å². The molecule has 0 nitrogen and oxygen atoms in total. The molecule has 3 rings (SSSR count). The van der Waals surface area contributed by atoms with Crippen molar-refractivity contribution in [3.8, 4) is 0 Å². The van der Waals surface area contributed by atoms with Crippen molar-refractivity contribution in [2.24, 2.45) is 0 Å². The third kappa shape index (κ3) is 4.11. The molecule has 0 heterocycles. The molecule has 0 heteroatoms. The van der Waals surface area contributed by atoms with E-state index in [2.05, 4.69) is 98.8 Å². The Bertz CT molecular complexity index is 761. The third-order valence-corrected chi connectivity index (χ3v) is 4.16. The molecule has 0 spiro atoms. The molecule has 0 saturated heterocycles. The van der Waals surface area contributed by atoms with Crippen LogP contribution in [0.25, 0.3) is 23.3 Å². The lowest BCUT2D eigenvalue weighted by Crippen LogP contribution is -1.81. The molecule has 0 saturated carbocycles. The van der Waals surface area contributed by atoms with Gasteiger partial charge in [0, 0.05) is 0 Å². The highest BCUT2D eigenvalue weighted by atomic mass is 14.0. The summed E-state index contributed by atoms with van der Waals surface area (Å²) >= 11 is 0. The molecule has 0 aromatic heterocycles. The van der Waals surface area contributed by atoms with Crippen molar-refractivity contribution in [1.29, 1.82) is 0 Å². The smallest absolute Gasteiger partial charge is 0.0227 e. The van der Waals surface area contributed by atoms with E-state index in [0.29, 0.717) is 0 Å². The highest BCUT2D eigenvalue weighted by Crippen LogP contribution is 2.20. The Morgan fingerprint density at radius 2 is 0.833 bits per heavy atom. The molecule has 0 aliphatic heterocycles. The Hall–Kier alpha value is -2.86. The average molecular weight is 310 g/mol. The fraction of sp³-hybridized carbons (Fsp3) is 0.0833. The van der Waals surface area contributed by atoms with Crippen molar-refractivity contribution in [2.75, 3.05) is 0 Å². The predicted molar refractivity (Wildman–Crippen MR) is 106 cm³/mol. The Morgan fingerprint density at radius 3 is 1.17 bits per heavy atom. The Labute approximate surface area is 144 Å². The zero-order valence-corrected chi connectivity index (χ0v) is 14.2. The van der Waals surface area contributed by atoms with Crippen molar-refractivity contribution in [3.63, 3.8) is 0 Å². The maximum absolute atomic E-state index is 2.23. The maximum Gasteiger partial charge on any atom is -0.0227 e. The van der Waals surface area contributed by atoms with Gasteiger partial charge in [0.25, 0.3) is 0 Å². The van der Waals surface area contributed by atoms with E-state index in [0.717, 1.165) is 0 Å². The highest BCUT2D eigenvalue weighted by Gasteiger charge is 1.97. The maximum atomic E-state index is 2.23. The van der Waals surface area contributed by atoms with Crippen LogP contribution >= 0.6 is 0 Å².